The number of nitro benzene ring substituents is 1. The summed E-state index contributed by atoms with van der Waals surface area (Å²) in [6.45, 7) is 2.10. The summed E-state index contributed by atoms with van der Waals surface area (Å²) < 4.78 is 28.3. The molecule has 1 aromatic heterocycles. The number of carbonyl (C=O) groups excluding carboxylic acids is 1. The van der Waals surface area contributed by atoms with Gasteiger partial charge in [-0.1, -0.05) is 17.7 Å². The molecule has 30 heavy (non-hydrogen) atoms. The number of rotatable bonds is 6. The molecule has 2 amide bonds. The summed E-state index contributed by atoms with van der Waals surface area (Å²) in [4.78, 5) is 26.5. The fourth-order valence-electron chi connectivity index (χ4n) is 2.59. The van der Waals surface area contributed by atoms with E-state index in [0.29, 0.717) is 0 Å². The van der Waals surface area contributed by atoms with Crippen molar-refractivity contribution in [3.05, 3.63) is 88.4 Å². The van der Waals surface area contributed by atoms with Crippen LogP contribution in [0.4, 0.5) is 16.3 Å². The van der Waals surface area contributed by atoms with Crippen LogP contribution in [0.3, 0.4) is 0 Å². The lowest BCUT2D eigenvalue weighted by molar-refractivity contribution is -0.674. The van der Waals surface area contributed by atoms with Crippen molar-refractivity contribution in [2.45, 2.75) is 18.4 Å². The zero-order valence-electron chi connectivity index (χ0n) is 15.8. The van der Waals surface area contributed by atoms with E-state index in [1.54, 1.807) is 35.0 Å². The average molecular weight is 428 g/mol. The number of non-ortho nitro benzene ring substituents is 1. The molecule has 0 aliphatic heterocycles. The van der Waals surface area contributed by atoms with Crippen molar-refractivity contribution in [1.29, 1.82) is 0 Å². The van der Waals surface area contributed by atoms with Crippen LogP contribution in [0.25, 0.3) is 0 Å². The first-order chi connectivity index (χ1) is 14.2. The number of nitrogens with zero attached hydrogens (tertiary/aromatic N) is 3. The van der Waals surface area contributed by atoms with Gasteiger partial charge in [-0.3, -0.25) is 15.1 Å². The molecule has 10 nitrogen and oxygen atoms in total. The molecule has 3 aromatic rings. The highest BCUT2D eigenvalue weighted by Gasteiger charge is 2.22. The minimum Gasteiger partial charge on any atom is -0.258 e. The van der Waals surface area contributed by atoms with E-state index in [-0.39, 0.29) is 22.9 Å². The van der Waals surface area contributed by atoms with E-state index in [2.05, 4.69) is 10.3 Å². The quantitative estimate of drug-likeness (QED) is 0.351. The lowest BCUT2D eigenvalue weighted by Crippen LogP contribution is -2.42. The van der Waals surface area contributed by atoms with Crippen molar-refractivity contribution in [1.82, 2.24) is 9.71 Å². The molecule has 0 aliphatic carbocycles. The second-order valence-electron chi connectivity index (χ2n) is 6.39. The SMILES string of the molecule is Cc1ccc(S(=O)(=O)NC(=O)Nc2cncc[n+]2Cc2ccc([N+](=O)[O-])cc2)cc1. The van der Waals surface area contributed by atoms with Crippen molar-refractivity contribution in [2.75, 3.05) is 5.32 Å². The Hall–Kier alpha value is -3.86. The van der Waals surface area contributed by atoms with Gasteiger partial charge in [-0.05, 0) is 36.8 Å². The van der Waals surface area contributed by atoms with E-state index in [4.69, 9.17) is 0 Å². The van der Waals surface area contributed by atoms with Gasteiger partial charge in [0.1, 0.15) is 18.9 Å². The van der Waals surface area contributed by atoms with Crippen molar-refractivity contribution in [3.8, 4) is 0 Å². The van der Waals surface area contributed by atoms with Crippen molar-refractivity contribution < 1.29 is 22.7 Å². The maximum Gasteiger partial charge on any atom is 0.420 e. The molecule has 0 bridgehead atoms. The first-order valence-electron chi connectivity index (χ1n) is 8.72. The Bertz CT molecular complexity index is 1180. The highest BCUT2D eigenvalue weighted by Crippen LogP contribution is 2.13. The molecule has 0 atom stereocenters. The number of urea groups is 1. The number of benzene rings is 2. The van der Waals surface area contributed by atoms with Gasteiger partial charge < -0.3 is 0 Å². The number of nitro groups is 1. The van der Waals surface area contributed by atoms with Gasteiger partial charge in [0.05, 0.1) is 16.0 Å². The van der Waals surface area contributed by atoms with Gasteiger partial charge in [-0.15, -0.1) is 0 Å². The van der Waals surface area contributed by atoms with Gasteiger partial charge in [0, 0.05) is 12.1 Å². The molecule has 3 rings (SSSR count). The summed E-state index contributed by atoms with van der Waals surface area (Å²) in [6.07, 6.45) is 4.45. The average Bonchev–Trinajstić information content (AvgIpc) is 2.70. The number of hydrogen-bond acceptors (Lipinski definition) is 6. The fourth-order valence-corrected chi connectivity index (χ4v) is 3.50. The number of aryl methyl sites for hydroxylation is 1. The van der Waals surface area contributed by atoms with Crippen molar-refractivity contribution in [2.24, 2.45) is 0 Å². The van der Waals surface area contributed by atoms with Crippen LogP contribution in [0.1, 0.15) is 11.1 Å². The minimum absolute atomic E-state index is 0.0301. The molecule has 154 valence electrons. The molecule has 0 fully saturated rings. The monoisotopic (exact) mass is 428 g/mol. The lowest BCUT2D eigenvalue weighted by Gasteiger charge is -2.08. The molecule has 2 aromatic carbocycles. The molecule has 0 spiro atoms. The Morgan fingerprint density at radius 3 is 2.43 bits per heavy atom. The van der Waals surface area contributed by atoms with Crippen molar-refractivity contribution in [3.63, 3.8) is 0 Å². The van der Waals surface area contributed by atoms with Crippen LogP contribution in [-0.2, 0) is 16.6 Å². The second-order valence-corrected chi connectivity index (χ2v) is 8.07. The summed E-state index contributed by atoms with van der Waals surface area (Å²) in [5.41, 5.74) is 1.60. The normalized spacial score (nSPS) is 11.0. The van der Waals surface area contributed by atoms with Gasteiger partial charge in [0.25, 0.3) is 15.7 Å². The van der Waals surface area contributed by atoms with E-state index in [0.717, 1.165) is 11.1 Å². The predicted octanol–water partition coefficient (Wildman–Crippen LogP) is 2.14. The highest BCUT2D eigenvalue weighted by atomic mass is 32.2. The Labute approximate surface area is 172 Å². The second kappa shape index (κ2) is 8.66. The molecule has 0 saturated carbocycles. The summed E-state index contributed by atoms with van der Waals surface area (Å²) in [7, 11) is -4.04. The fraction of sp³-hybridized carbons (Fsp3) is 0.105. The lowest BCUT2D eigenvalue weighted by atomic mass is 10.2. The van der Waals surface area contributed by atoms with Crippen LogP contribution in [0.5, 0.6) is 0 Å². The van der Waals surface area contributed by atoms with Crippen LogP contribution in [0, 0.1) is 17.0 Å². The van der Waals surface area contributed by atoms with E-state index < -0.39 is 21.0 Å². The third-order valence-electron chi connectivity index (χ3n) is 4.14. The first kappa shape index (κ1) is 20.9. The summed E-state index contributed by atoms with van der Waals surface area (Å²) in [5, 5.41) is 13.2. The van der Waals surface area contributed by atoms with Crippen molar-refractivity contribution >= 4 is 27.6 Å². The molecule has 2 N–H and O–H groups in total. The standard InChI is InChI=1S/C19H17N5O5S/c1-14-2-8-17(9-3-14)30(28,29)22-19(25)21-18-12-20-10-11-23(18)13-15-4-6-16(7-5-15)24(26)27/h2-12H,13H2,1H3,(H,22,25)/p+1. The van der Waals surface area contributed by atoms with E-state index in [1.165, 1.54) is 36.7 Å². The number of nitrogens with one attached hydrogen (secondary N) is 2. The molecule has 11 heteroatoms. The van der Waals surface area contributed by atoms with Crippen LogP contribution in [-0.4, -0.2) is 24.4 Å². The highest BCUT2D eigenvalue weighted by molar-refractivity contribution is 7.90. The van der Waals surface area contributed by atoms with Crippen LogP contribution >= 0.6 is 0 Å². The molecular weight excluding hydrogens is 410 g/mol. The first-order valence-corrected chi connectivity index (χ1v) is 10.2. The largest absolute Gasteiger partial charge is 0.420 e. The van der Waals surface area contributed by atoms with Crippen LogP contribution < -0.4 is 14.6 Å². The number of sulfonamides is 1. The third kappa shape index (κ3) is 5.14. The zero-order chi connectivity index (χ0) is 21.7. The Kier molecular flexibility index (Phi) is 6.02. The third-order valence-corrected chi connectivity index (χ3v) is 5.49. The van der Waals surface area contributed by atoms with Gasteiger partial charge in [0.15, 0.2) is 0 Å². The van der Waals surface area contributed by atoms with Gasteiger partial charge in [-0.25, -0.2) is 22.5 Å². The summed E-state index contributed by atoms with van der Waals surface area (Å²) in [5.74, 6) is 0.243. The number of carbonyl (C=O) groups is 1. The number of aromatic nitrogens is 2. The minimum atomic E-state index is -4.04. The summed E-state index contributed by atoms with van der Waals surface area (Å²) >= 11 is 0. The van der Waals surface area contributed by atoms with Gasteiger partial charge in [-0.2, -0.15) is 5.32 Å². The smallest absolute Gasteiger partial charge is 0.258 e. The zero-order valence-corrected chi connectivity index (χ0v) is 16.7. The van der Waals surface area contributed by atoms with E-state index in [1.807, 2.05) is 11.6 Å². The summed E-state index contributed by atoms with van der Waals surface area (Å²) in [6, 6.07) is 11.1. The molecule has 1 heterocycles. The number of hydrogen-bond donors (Lipinski definition) is 2. The van der Waals surface area contributed by atoms with E-state index in [9.17, 15) is 23.3 Å². The van der Waals surface area contributed by atoms with Crippen LogP contribution in [0.2, 0.25) is 0 Å². The van der Waals surface area contributed by atoms with Gasteiger partial charge >= 0.3 is 11.8 Å². The number of anilines is 1. The Balaban J connectivity index is 1.73. The maximum atomic E-state index is 12.4. The van der Waals surface area contributed by atoms with E-state index >= 15 is 0 Å². The molecule has 0 saturated heterocycles. The Morgan fingerprint density at radius 2 is 1.80 bits per heavy atom. The molecule has 0 unspecified atom stereocenters. The van der Waals surface area contributed by atoms with Gasteiger partial charge in [0.2, 0.25) is 0 Å². The van der Waals surface area contributed by atoms with Crippen LogP contribution in [0.15, 0.2) is 72.0 Å². The maximum absolute atomic E-state index is 12.4. The topological polar surface area (TPSA) is 135 Å². The number of amides is 2. The Morgan fingerprint density at radius 1 is 1.13 bits per heavy atom. The molecular formula is C19H18N5O5S+. The molecule has 0 radical (unpaired) electrons. The predicted molar refractivity (Wildman–Crippen MR) is 107 cm³/mol. The molecule has 0 aliphatic rings.